The summed E-state index contributed by atoms with van der Waals surface area (Å²) in [6, 6.07) is 0.356. The molecule has 1 aliphatic carbocycles. The topological polar surface area (TPSA) is 64.3 Å². The minimum absolute atomic E-state index is 0.0855. The number of carbonyl (C=O) groups is 1. The van der Waals surface area contributed by atoms with Crippen LogP contribution in [0.25, 0.3) is 0 Å². The highest BCUT2D eigenvalue weighted by atomic mass is 16.5. The Morgan fingerprint density at radius 1 is 1.50 bits per heavy atom. The molecule has 0 aromatic carbocycles. The smallest absolute Gasteiger partial charge is 0.237 e. The van der Waals surface area contributed by atoms with Crippen LogP contribution in [0.1, 0.15) is 58.8 Å². The molecule has 2 unspecified atom stereocenters. The van der Waals surface area contributed by atoms with E-state index in [2.05, 4.69) is 5.32 Å². The van der Waals surface area contributed by atoms with Gasteiger partial charge < -0.3 is 15.8 Å². The van der Waals surface area contributed by atoms with Gasteiger partial charge in [-0.3, -0.25) is 4.79 Å². The van der Waals surface area contributed by atoms with Crippen LogP contribution in [-0.2, 0) is 9.53 Å². The average molecular weight is 254 g/mol. The molecule has 3 N–H and O–H groups in total. The molecule has 4 heteroatoms. The molecule has 0 aromatic heterocycles. The molecule has 1 aliphatic heterocycles. The number of primary amides is 1. The number of nitrogens with two attached hydrogens (primary N) is 1. The molecule has 2 rings (SSSR count). The molecule has 2 atom stereocenters. The summed E-state index contributed by atoms with van der Waals surface area (Å²) in [4.78, 5) is 11.6. The van der Waals surface area contributed by atoms with Crippen LogP contribution in [-0.4, -0.2) is 29.7 Å². The van der Waals surface area contributed by atoms with Crippen LogP contribution < -0.4 is 11.1 Å². The van der Waals surface area contributed by atoms with Crippen LogP contribution in [0.15, 0.2) is 0 Å². The van der Waals surface area contributed by atoms with E-state index in [0.717, 1.165) is 25.9 Å². The van der Waals surface area contributed by atoms with Crippen molar-refractivity contribution in [3.05, 3.63) is 0 Å². The fourth-order valence-corrected chi connectivity index (χ4v) is 3.32. The van der Waals surface area contributed by atoms with Gasteiger partial charge >= 0.3 is 0 Å². The zero-order valence-electron chi connectivity index (χ0n) is 11.6. The van der Waals surface area contributed by atoms with Crippen LogP contribution in [0.5, 0.6) is 0 Å². The summed E-state index contributed by atoms with van der Waals surface area (Å²) in [5, 5.41) is 3.48. The lowest BCUT2D eigenvalue weighted by Gasteiger charge is -2.41. The molecular weight excluding hydrogens is 228 g/mol. The van der Waals surface area contributed by atoms with E-state index in [1.165, 1.54) is 25.7 Å². The first-order valence-electron chi connectivity index (χ1n) is 7.21. The molecule has 0 bridgehead atoms. The number of amides is 1. The third-order valence-electron chi connectivity index (χ3n) is 4.78. The van der Waals surface area contributed by atoms with Gasteiger partial charge in [-0.15, -0.1) is 0 Å². The number of nitrogens with one attached hydrogen (secondary N) is 1. The number of hydrogen-bond donors (Lipinski definition) is 2. The van der Waals surface area contributed by atoms with Gasteiger partial charge in [0.1, 0.15) is 0 Å². The van der Waals surface area contributed by atoms with Crippen LogP contribution in [0.3, 0.4) is 0 Å². The Bertz CT molecular complexity index is 313. The van der Waals surface area contributed by atoms with Crippen LogP contribution in [0, 0.1) is 0 Å². The van der Waals surface area contributed by atoms with E-state index in [-0.39, 0.29) is 11.5 Å². The molecule has 2 aliphatic rings. The number of carbonyl (C=O) groups excluding carboxylic acids is 1. The Balaban J connectivity index is 1.99. The molecule has 1 amide bonds. The lowest BCUT2D eigenvalue weighted by Crippen LogP contribution is -2.59. The minimum atomic E-state index is -0.582. The minimum Gasteiger partial charge on any atom is -0.375 e. The van der Waals surface area contributed by atoms with Gasteiger partial charge in [0.25, 0.3) is 0 Å². The molecule has 1 spiro atoms. The summed E-state index contributed by atoms with van der Waals surface area (Å²) in [5.41, 5.74) is 5.01. The van der Waals surface area contributed by atoms with Crippen molar-refractivity contribution in [2.75, 3.05) is 6.61 Å². The fourth-order valence-electron chi connectivity index (χ4n) is 3.32. The van der Waals surface area contributed by atoms with Gasteiger partial charge in [0.2, 0.25) is 5.91 Å². The van der Waals surface area contributed by atoms with E-state index >= 15 is 0 Å². The SMILES string of the molecule is CCC(C)(NC1CCOC2(CCCC2)C1)C(N)=O. The van der Waals surface area contributed by atoms with Gasteiger partial charge in [-0.25, -0.2) is 0 Å². The maximum atomic E-state index is 11.6. The van der Waals surface area contributed by atoms with Crippen molar-refractivity contribution in [2.24, 2.45) is 5.73 Å². The second-order valence-corrected chi connectivity index (χ2v) is 6.12. The molecular formula is C14H26N2O2. The Hall–Kier alpha value is -0.610. The van der Waals surface area contributed by atoms with Crippen LogP contribution in [0.4, 0.5) is 0 Å². The molecule has 4 nitrogen and oxygen atoms in total. The molecule has 1 saturated carbocycles. The van der Waals surface area contributed by atoms with Gasteiger partial charge in [-0.2, -0.15) is 0 Å². The Kier molecular flexibility index (Phi) is 3.97. The predicted molar refractivity (Wildman–Crippen MR) is 71.2 cm³/mol. The highest BCUT2D eigenvalue weighted by molar-refractivity contribution is 5.84. The highest BCUT2D eigenvalue weighted by Gasteiger charge is 2.42. The summed E-state index contributed by atoms with van der Waals surface area (Å²) in [7, 11) is 0. The molecule has 2 fully saturated rings. The van der Waals surface area contributed by atoms with E-state index < -0.39 is 5.54 Å². The van der Waals surface area contributed by atoms with Crippen molar-refractivity contribution >= 4 is 5.91 Å². The Labute approximate surface area is 110 Å². The lowest BCUT2D eigenvalue weighted by molar-refractivity contribution is -0.126. The summed E-state index contributed by atoms with van der Waals surface area (Å²) < 4.78 is 6.01. The van der Waals surface area contributed by atoms with Gasteiger partial charge in [-0.1, -0.05) is 19.8 Å². The standard InChI is InChI=1S/C14H26N2O2/c1-3-13(2,12(15)17)16-11-6-9-18-14(10-11)7-4-5-8-14/h11,16H,3-10H2,1-2H3,(H2,15,17). The van der Waals surface area contributed by atoms with Crippen molar-refractivity contribution in [1.29, 1.82) is 0 Å². The summed E-state index contributed by atoms with van der Waals surface area (Å²) in [6.45, 7) is 4.71. The second-order valence-electron chi connectivity index (χ2n) is 6.12. The molecule has 0 aromatic rings. The van der Waals surface area contributed by atoms with Gasteiger partial charge in [0.15, 0.2) is 0 Å². The number of hydrogen-bond acceptors (Lipinski definition) is 3. The maximum absolute atomic E-state index is 11.6. The van der Waals surface area contributed by atoms with Crippen LogP contribution in [0.2, 0.25) is 0 Å². The van der Waals surface area contributed by atoms with Gasteiger partial charge in [-0.05, 0) is 39.0 Å². The molecule has 0 radical (unpaired) electrons. The number of ether oxygens (including phenoxy) is 1. The molecule has 1 saturated heterocycles. The van der Waals surface area contributed by atoms with Crippen molar-refractivity contribution in [3.63, 3.8) is 0 Å². The first kappa shape index (κ1) is 13.8. The van der Waals surface area contributed by atoms with E-state index in [1.54, 1.807) is 0 Å². The Morgan fingerprint density at radius 2 is 2.17 bits per heavy atom. The largest absolute Gasteiger partial charge is 0.375 e. The van der Waals surface area contributed by atoms with Crippen molar-refractivity contribution in [1.82, 2.24) is 5.32 Å². The zero-order valence-corrected chi connectivity index (χ0v) is 11.6. The first-order chi connectivity index (χ1) is 8.50. The van der Waals surface area contributed by atoms with Crippen LogP contribution >= 0.6 is 0 Å². The monoisotopic (exact) mass is 254 g/mol. The zero-order chi connectivity index (χ0) is 13.2. The molecule has 1 heterocycles. The second kappa shape index (κ2) is 5.17. The highest BCUT2D eigenvalue weighted by Crippen LogP contribution is 2.40. The van der Waals surface area contributed by atoms with Crippen molar-refractivity contribution in [3.8, 4) is 0 Å². The van der Waals surface area contributed by atoms with Gasteiger partial charge in [0.05, 0.1) is 11.1 Å². The van der Waals surface area contributed by atoms with Crippen molar-refractivity contribution in [2.45, 2.75) is 76.0 Å². The maximum Gasteiger partial charge on any atom is 0.237 e. The normalized spacial score (nSPS) is 30.2. The summed E-state index contributed by atoms with van der Waals surface area (Å²) in [6.07, 6.45) is 7.61. The van der Waals surface area contributed by atoms with E-state index in [9.17, 15) is 4.79 Å². The van der Waals surface area contributed by atoms with Gasteiger partial charge in [0, 0.05) is 12.6 Å². The van der Waals surface area contributed by atoms with E-state index in [1.807, 2.05) is 13.8 Å². The molecule has 18 heavy (non-hydrogen) atoms. The summed E-state index contributed by atoms with van der Waals surface area (Å²) >= 11 is 0. The quantitative estimate of drug-likeness (QED) is 0.803. The fraction of sp³-hybridized carbons (Fsp3) is 0.929. The third-order valence-corrected chi connectivity index (χ3v) is 4.78. The predicted octanol–water partition coefficient (Wildman–Crippen LogP) is 1.72. The van der Waals surface area contributed by atoms with Crippen molar-refractivity contribution < 1.29 is 9.53 Å². The molecule has 104 valence electrons. The van der Waals surface area contributed by atoms with E-state index in [0.29, 0.717) is 6.04 Å². The summed E-state index contributed by atoms with van der Waals surface area (Å²) in [5.74, 6) is -0.253. The number of rotatable bonds is 4. The first-order valence-corrected chi connectivity index (χ1v) is 7.21. The van der Waals surface area contributed by atoms with E-state index in [4.69, 9.17) is 10.5 Å². The Morgan fingerprint density at radius 3 is 2.72 bits per heavy atom. The lowest BCUT2D eigenvalue weighted by atomic mass is 9.86. The average Bonchev–Trinajstić information content (AvgIpc) is 2.77. The third kappa shape index (κ3) is 2.69.